The van der Waals surface area contributed by atoms with Crippen LogP contribution in [0.3, 0.4) is 0 Å². The van der Waals surface area contributed by atoms with Gasteiger partial charge < -0.3 is 10.1 Å². The Bertz CT molecular complexity index is 622. The van der Waals surface area contributed by atoms with Gasteiger partial charge in [-0.25, -0.2) is 0 Å². The van der Waals surface area contributed by atoms with Gasteiger partial charge in [-0.3, -0.25) is 0 Å². The minimum Gasteiger partial charge on any atom is -0.434 e. The van der Waals surface area contributed by atoms with Crippen LogP contribution in [0.15, 0.2) is 42.5 Å². The van der Waals surface area contributed by atoms with Crippen LogP contribution in [0.25, 0.3) is 0 Å². The van der Waals surface area contributed by atoms with Crippen molar-refractivity contribution in [1.82, 2.24) is 0 Å². The standard InChI is InChI=1S/C15H13Cl2F2NO/c1-9(20-12-7-4-6-11(16)14(12)17)10-5-2-3-8-13(10)21-15(18)19/h2-9,15,20H,1H3. The second-order valence-corrected chi connectivity index (χ2v) is 5.17. The predicted molar refractivity (Wildman–Crippen MR) is 81.6 cm³/mol. The summed E-state index contributed by atoms with van der Waals surface area (Å²) in [5, 5.41) is 3.95. The van der Waals surface area contributed by atoms with E-state index in [4.69, 9.17) is 23.2 Å². The number of hydrogen-bond acceptors (Lipinski definition) is 2. The lowest BCUT2D eigenvalue weighted by molar-refractivity contribution is -0.0505. The molecule has 1 N–H and O–H groups in total. The number of benzene rings is 2. The highest BCUT2D eigenvalue weighted by Gasteiger charge is 2.15. The molecule has 2 rings (SSSR count). The lowest BCUT2D eigenvalue weighted by Crippen LogP contribution is -2.11. The monoisotopic (exact) mass is 331 g/mol. The predicted octanol–water partition coefficient (Wildman–Crippen LogP) is 5.77. The van der Waals surface area contributed by atoms with Crippen molar-refractivity contribution < 1.29 is 13.5 Å². The molecule has 0 aromatic heterocycles. The van der Waals surface area contributed by atoms with Crippen LogP contribution in [0.2, 0.25) is 10.0 Å². The SMILES string of the molecule is CC(Nc1cccc(Cl)c1Cl)c1ccccc1OC(F)F. The van der Waals surface area contributed by atoms with Crippen LogP contribution in [0.4, 0.5) is 14.5 Å². The third-order valence-electron chi connectivity index (χ3n) is 2.93. The van der Waals surface area contributed by atoms with Crippen molar-refractivity contribution in [3.63, 3.8) is 0 Å². The minimum absolute atomic E-state index is 0.130. The number of rotatable bonds is 5. The molecule has 0 spiro atoms. The number of halogens is 4. The van der Waals surface area contributed by atoms with Gasteiger partial charge >= 0.3 is 6.61 Å². The number of ether oxygens (including phenoxy) is 1. The number of nitrogens with one attached hydrogen (secondary N) is 1. The molecule has 0 heterocycles. The molecule has 2 aromatic rings. The summed E-state index contributed by atoms with van der Waals surface area (Å²) in [6.07, 6.45) is 0. The Morgan fingerprint density at radius 3 is 2.48 bits per heavy atom. The summed E-state index contributed by atoms with van der Waals surface area (Å²) < 4.78 is 29.4. The highest BCUT2D eigenvalue weighted by atomic mass is 35.5. The lowest BCUT2D eigenvalue weighted by atomic mass is 10.1. The molecule has 0 aliphatic rings. The van der Waals surface area contributed by atoms with E-state index in [1.165, 1.54) is 6.07 Å². The molecule has 0 radical (unpaired) electrons. The van der Waals surface area contributed by atoms with Gasteiger partial charge in [-0.05, 0) is 25.1 Å². The van der Waals surface area contributed by atoms with Gasteiger partial charge in [-0.15, -0.1) is 0 Å². The number of para-hydroxylation sites is 1. The first-order valence-electron chi connectivity index (χ1n) is 6.23. The Labute approximate surface area is 131 Å². The van der Waals surface area contributed by atoms with E-state index >= 15 is 0 Å². The van der Waals surface area contributed by atoms with Crippen LogP contribution in [0, 0.1) is 0 Å². The first kappa shape index (κ1) is 15.9. The van der Waals surface area contributed by atoms with Gasteiger partial charge in [-0.1, -0.05) is 47.5 Å². The number of hydrogen-bond donors (Lipinski definition) is 1. The van der Waals surface area contributed by atoms with Gasteiger partial charge in [0, 0.05) is 5.56 Å². The van der Waals surface area contributed by atoms with Crippen molar-refractivity contribution in [3.8, 4) is 5.75 Å². The fourth-order valence-corrected chi connectivity index (χ4v) is 2.32. The van der Waals surface area contributed by atoms with Gasteiger partial charge in [0.05, 0.1) is 21.8 Å². The van der Waals surface area contributed by atoms with Crippen molar-refractivity contribution in [3.05, 3.63) is 58.1 Å². The summed E-state index contributed by atoms with van der Waals surface area (Å²) in [6, 6.07) is 11.5. The van der Waals surface area contributed by atoms with E-state index in [0.717, 1.165) is 0 Å². The van der Waals surface area contributed by atoms with Crippen molar-refractivity contribution in [2.75, 3.05) is 5.32 Å². The van der Waals surface area contributed by atoms with E-state index in [1.807, 2.05) is 6.92 Å². The minimum atomic E-state index is -2.87. The molecule has 2 nitrogen and oxygen atoms in total. The zero-order valence-electron chi connectivity index (χ0n) is 11.1. The van der Waals surface area contributed by atoms with E-state index in [2.05, 4.69) is 10.1 Å². The fourth-order valence-electron chi connectivity index (χ4n) is 1.97. The number of alkyl halides is 2. The lowest BCUT2D eigenvalue weighted by Gasteiger charge is -2.20. The maximum atomic E-state index is 12.4. The average Bonchev–Trinajstić information content (AvgIpc) is 2.44. The molecule has 1 atom stereocenters. The molecule has 0 bridgehead atoms. The molecular formula is C15H13Cl2F2NO. The van der Waals surface area contributed by atoms with Gasteiger partial charge in [0.25, 0.3) is 0 Å². The van der Waals surface area contributed by atoms with E-state index < -0.39 is 6.61 Å². The first-order chi connectivity index (χ1) is 9.99. The van der Waals surface area contributed by atoms with Gasteiger partial charge in [0.1, 0.15) is 5.75 Å². The molecule has 0 amide bonds. The second-order valence-electron chi connectivity index (χ2n) is 4.38. The highest BCUT2D eigenvalue weighted by Crippen LogP contribution is 2.34. The molecule has 2 aromatic carbocycles. The van der Waals surface area contributed by atoms with Crippen LogP contribution < -0.4 is 10.1 Å². The Kier molecular flexibility index (Phi) is 5.26. The van der Waals surface area contributed by atoms with Crippen LogP contribution in [-0.4, -0.2) is 6.61 Å². The topological polar surface area (TPSA) is 21.3 Å². The highest BCUT2D eigenvalue weighted by molar-refractivity contribution is 6.43. The fraction of sp³-hybridized carbons (Fsp3) is 0.200. The van der Waals surface area contributed by atoms with Crippen LogP contribution in [-0.2, 0) is 0 Å². The van der Waals surface area contributed by atoms with Crippen LogP contribution >= 0.6 is 23.2 Å². The van der Waals surface area contributed by atoms with Gasteiger partial charge in [0.2, 0.25) is 0 Å². The Morgan fingerprint density at radius 1 is 1.05 bits per heavy atom. The maximum absolute atomic E-state index is 12.4. The molecular weight excluding hydrogens is 319 g/mol. The molecule has 1 unspecified atom stereocenters. The summed E-state index contributed by atoms with van der Waals surface area (Å²) in [5.41, 5.74) is 1.23. The number of anilines is 1. The van der Waals surface area contributed by atoms with E-state index in [9.17, 15) is 8.78 Å². The summed E-state index contributed by atoms with van der Waals surface area (Å²) in [7, 11) is 0. The van der Waals surface area contributed by atoms with Crippen LogP contribution in [0.1, 0.15) is 18.5 Å². The van der Waals surface area contributed by atoms with E-state index in [1.54, 1.807) is 36.4 Å². The molecule has 0 saturated heterocycles. The van der Waals surface area contributed by atoms with Crippen molar-refractivity contribution in [2.45, 2.75) is 19.6 Å². The van der Waals surface area contributed by atoms with Crippen molar-refractivity contribution in [2.24, 2.45) is 0 Å². The molecule has 0 aliphatic carbocycles. The third-order valence-corrected chi connectivity index (χ3v) is 3.74. The summed E-state index contributed by atoms with van der Waals surface area (Å²) >= 11 is 12.1. The molecule has 0 saturated carbocycles. The molecule has 0 aliphatic heterocycles. The molecule has 112 valence electrons. The largest absolute Gasteiger partial charge is 0.434 e. The summed E-state index contributed by atoms with van der Waals surface area (Å²) in [5.74, 6) is 0.130. The summed E-state index contributed by atoms with van der Waals surface area (Å²) in [6.45, 7) is -1.04. The summed E-state index contributed by atoms with van der Waals surface area (Å²) in [4.78, 5) is 0. The Hall–Kier alpha value is -1.52. The maximum Gasteiger partial charge on any atom is 0.387 e. The zero-order chi connectivity index (χ0) is 15.4. The van der Waals surface area contributed by atoms with E-state index in [-0.39, 0.29) is 11.8 Å². The molecule has 0 fully saturated rings. The van der Waals surface area contributed by atoms with Crippen LogP contribution in [0.5, 0.6) is 5.75 Å². The first-order valence-corrected chi connectivity index (χ1v) is 6.99. The van der Waals surface area contributed by atoms with Crippen molar-refractivity contribution in [1.29, 1.82) is 0 Å². The van der Waals surface area contributed by atoms with Gasteiger partial charge in [0.15, 0.2) is 0 Å². The smallest absolute Gasteiger partial charge is 0.387 e. The second kappa shape index (κ2) is 6.96. The third kappa shape index (κ3) is 3.99. The Balaban J connectivity index is 2.24. The molecule has 6 heteroatoms. The zero-order valence-corrected chi connectivity index (χ0v) is 12.6. The normalized spacial score (nSPS) is 12.3. The molecule has 21 heavy (non-hydrogen) atoms. The van der Waals surface area contributed by atoms with Crippen molar-refractivity contribution >= 4 is 28.9 Å². The van der Waals surface area contributed by atoms with Gasteiger partial charge in [-0.2, -0.15) is 8.78 Å². The Morgan fingerprint density at radius 2 is 1.76 bits per heavy atom. The quantitative estimate of drug-likeness (QED) is 0.751. The average molecular weight is 332 g/mol. The van der Waals surface area contributed by atoms with E-state index in [0.29, 0.717) is 21.3 Å².